The molecule has 2 N–H and O–H groups in total. The van der Waals surface area contributed by atoms with Gasteiger partial charge in [-0.1, -0.05) is 6.92 Å². The van der Waals surface area contributed by atoms with Crippen molar-refractivity contribution in [2.75, 3.05) is 6.61 Å². The van der Waals surface area contributed by atoms with E-state index in [1.54, 1.807) is 13.8 Å². The van der Waals surface area contributed by atoms with E-state index in [0.29, 0.717) is 6.42 Å². The Bertz CT molecular complexity index is 203. The molecule has 0 heterocycles. The summed E-state index contributed by atoms with van der Waals surface area (Å²) in [5.74, 6) is -2.04. The van der Waals surface area contributed by atoms with E-state index in [0.717, 1.165) is 0 Å². The molecule has 0 aliphatic rings. The minimum Gasteiger partial charge on any atom is -0.465 e. The molecule has 2 atom stereocenters. The maximum Gasteiger partial charge on any atom is 0.321 e. The highest BCUT2D eigenvalue weighted by Crippen LogP contribution is 2.08. The van der Waals surface area contributed by atoms with Crippen LogP contribution in [0.3, 0.4) is 0 Å². The SMILES string of the molecule is CCOC(=O)C(CC)C(=O)OC(C)N. The van der Waals surface area contributed by atoms with Gasteiger partial charge < -0.3 is 9.47 Å². The van der Waals surface area contributed by atoms with Crippen LogP contribution in [0.1, 0.15) is 27.2 Å². The van der Waals surface area contributed by atoms with Gasteiger partial charge in [0.1, 0.15) is 6.23 Å². The molecule has 0 saturated carbocycles. The van der Waals surface area contributed by atoms with Crippen molar-refractivity contribution in [3.63, 3.8) is 0 Å². The Labute approximate surface area is 83.5 Å². The summed E-state index contributed by atoms with van der Waals surface area (Å²) in [6.07, 6.45) is -0.351. The fourth-order valence-electron chi connectivity index (χ4n) is 0.938. The number of esters is 2. The summed E-state index contributed by atoms with van der Waals surface area (Å²) in [4.78, 5) is 22.5. The predicted octanol–water partition coefficient (Wildman–Crippen LogP) is 0.424. The maximum absolute atomic E-state index is 11.3. The third-order valence-corrected chi connectivity index (χ3v) is 1.57. The van der Waals surface area contributed by atoms with Gasteiger partial charge in [0.15, 0.2) is 5.92 Å². The lowest BCUT2D eigenvalue weighted by atomic mass is 10.1. The fourth-order valence-corrected chi connectivity index (χ4v) is 0.938. The number of carbonyl (C=O) groups is 2. The van der Waals surface area contributed by atoms with Crippen molar-refractivity contribution >= 4 is 11.9 Å². The summed E-state index contributed by atoms with van der Waals surface area (Å²) < 4.78 is 9.43. The van der Waals surface area contributed by atoms with Gasteiger partial charge in [-0.2, -0.15) is 0 Å². The van der Waals surface area contributed by atoms with Crippen LogP contribution in [-0.2, 0) is 19.1 Å². The zero-order valence-corrected chi connectivity index (χ0v) is 8.78. The molecule has 0 saturated heterocycles. The van der Waals surface area contributed by atoms with Crippen molar-refractivity contribution in [3.8, 4) is 0 Å². The average molecular weight is 203 g/mol. The molecule has 0 radical (unpaired) electrons. The number of ether oxygens (including phenoxy) is 2. The number of rotatable bonds is 5. The molecule has 2 unspecified atom stereocenters. The normalized spacial score (nSPS) is 14.3. The minimum atomic E-state index is -0.860. The molecule has 0 aromatic heterocycles. The molecule has 0 aromatic carbocycles. The summed E-state index contributed by atoms with van der Waals surface area (Å²) in [7, 11) is 0. The zero-order valence-electron chi connectivity index (χ0n) is 8.78. The van der Waals surface area contributed by atoms with Crippen molar-refractivity contribution in [3.05, 3.63) is 0 Å². The second kappa shape index (κ2) is 6.37. The van der Waals surface area contributed by atoms with Crippen LogP contribution in [0, 0.1) is 5.92 Å². The quantitative estimate of drug-likeness (QED) is 0.398. The van der Waals surface area contributed by atoms with E-state index in [2.05, 4.69) is 0 Å². The molecule has 14 heavy (non-hydrogen) atoms. The van der Waals surface area contributed by atoms with Crippen molar-refractivity contribution in [2.45, 2.75) is 33.4 Å². The van der Waals surface area contributed by atoms with Crippen molar-refractivity contribution in [2.24, 2.45) is 11.7 Å². The monoisotopic (exact) mass is 203 g/mol. The molecule has 0 aliphatic carbocycles. The molecule has 5 heteroatoms. The molecular weight excluding hydrogens is 186 g/mol. The van der Waals surface area contributed by atoms with Crippen LogP contribution >= 0.6 is 0 Å². The predicted molar refractivity (Wildman–Crippen MR) is 50.2 cm³/mol. The van der Waals surface area contributed by atoms with Crippen LogP contribution in [0.15, 0.2) is 0 Å². The van der Waals surface area contributed by atoms with Crippen LogP contribution in [-0.4, -0.2) is 24.8 Å². The number of hydrogen-bond acceptors (Lipinski definition) is 5. The van der Waals surface area contributed by atoms with Gasteiger partial charge in [0.25, 0.3) is 0 Å². The second-order valence-electron chi connectivity index (χ2n) is 2.85. The highest BCUT2D eigenvalue weighted by atomic mass is 16.6. The van der Waals surface area contributed by atoms with Crippen LogP contribution in [0.4, 0.5) is 0 Å². The first-order valence-electron chi connectivity index (χ1n) is 4.65. The van der Waals surface area contributed by atoms with Crippen molar-refractivity contribution < 1.29 is 19.1 Å². The van der Waals surface area contributed by atoms with Crippen LogP contribution in [0.25, 0.3) is 0 Å². The first-order valence-corrected chi connectivity index (χ1v) is 4.65. The van der Waals surface area contributed by atoms with Gasteiger partial charge in [0, 0.05) is 0 Å². The van der Waals surface area contributed by atoms with E-state index in [-0.39, 0.29) is 6.61 Å². The summed E-state index contributed by atoms with van der Waals surface area (Å²) in [5.41, 5.74) is 5.26. The molecule has 0 aromatic rings. The van der Waals surface area contributed by atoms with E-state index in [9.17, 15) is 9.59 Å². The van der Waals surface area contributed by atoms with Crippen molar-refractivity contribution in [1.82, 2.24) is 0 Å². The topological polar surface area (TPSA) is 78.6 Å². The smallest absolute Gasteiger partial charge is 0.321 e. The van der Waals surface area contributed by atoms with Crippen molar-refractivity contribution in [1.29, 1.82) is 0 Å². The molecule has 0 amide bonds. The maximum atomic E-state index is 11.3. The van der Waals surface area contributed by atoms with Gasteiger partial charge in [0.05, 0.1) is 6.61 Å². The van der Waals surface area contributed by atoms with Gasteiger partial charge in [-0.25, -0.2) is 0 Å². The average Bonchev–Trinajstić information content (AvgIpc) is 2.04. The van der Waals surface area contributed by atoms with Crippen LogP contribution in [0.2, 0.25) is 0 Å². The lowest BCUT2D eigenvalue weighted by Gasteiger charge is -2.14. The van der Waals surface area contributed by atoms with E-state index < -0.39 is 24.1 Å². The Morgan fingerprint density at radius 2 is 1.86 bits per heavy atom. The molecule has 0 aliphatic heterocycles. The Kier molecular flexibility index (Phi) is 5.87. The zero-order chi connectivity index (χ0) is 11.1. The number of nitrogens with two attached hydrogens (primary N) is 1. The molecule has 5 nitrogen and oxygen atoms in total. The van der Waals surface area contributed by atoms with Gasteiger partial charge in [-0.05, 0) is 20.3 Å². The third kappa shape index (κ3) is 4.23. The van der Waals surface area contributed by atoms with Gasteiger partial charge >= 0.3 is 11.9 Å². The van der Waals surface area contributed by atoms with E-state index in [1.807, 2.05) is 0 Å². The van der Waals surface area contributed by atoms with Crippen LogP contribution < -0.4 is 5.73 Å². The number of carbonyl (C=O) groups excluding carboxylic acids is 2. The lowest BCUT2D eigenvalue weighted by Crippen LogP contribution is -2.32. The highest BCUT2D eigenvalue weighted by molar-refractivity contribution is 5.94. The standard InChI is InChI=1S/C9H17NO4/c1-4-7(8(11)13-5-2)9(12)14-6(3)10/h6-7H,4-5,10H2,1-3H3. The molecule has 0 rings (SSSR count). The van der Waals surface area contributed by atoms with E-state index in [4.69, 9.17) is 15.2 Å². The largest absolute Gasteiger partial charge is 0.465 e. The summed E-state index contributed by atoms with van der Waals surface area (Å²) in [5, 5.41) is 0. The first kappa shape index (κ1) is 12.9. The molecule has 0 fully saturated rings. The Balaban J connectivity index is 4.25. The highest BCUT2D eigenvalue weighted by Gasteiger charge is 2.28. The first-order chi connectivity index (χ1) is 6.52. The van der Waals surface area contributed by atoms with E-state index >= 15 is 0 Å². The summed E-state index contributed by atoms with van der Waals surface area (Å²) >= 11 is 0. The number of hydrogen-bond donors (Lipinski definition) is 1. The van der Waals surface area contributed by atoms with Gasteiger partial charge in [-0.3, -0.25) is 15.3 Å². The van der Waals surface area contributed by atoms with Gasteiger partial charge in [0.2, 0.25) is 0 Å². The molecular formula is C9H17NO4. The van der Waals surface area contributed by atoms with E-state index in [1.165, 1.54) is 6.92 Å². The second-order valence-corrected chi connectivity index (χ2v) is 2.85. The Morgan fingerprint density at radius 3 is 2.21 bits per heavy atom. The Morgan fingerprint density at radius 1 is 1.29 bits per heavy atom. The molecule has 0 bridgehead atoms. The summed E-state index contributed by atoms with van der Waals surface area (Å²) in [6.45, 7) is 5.17. The summed E-state index contributed by atoms with van der Waals surface area (Å²) in [6, 6.07) is 0. The minimum absolute atomic E-state index is 0.251. The third-order valence-electron chi connectivity index (χ3n) is 1.57. The lowest BCUT2D eigenvalue weighted by molar-refractivity contribution is -0.164. The van der Waals surface area contributed by atoms with Crippen LogP contribution in [0.5, 0.6) is 0 Å². The fraction of sp³-hybridized carbons (Fsp3) is 0.778. The Hall–Kier alpha value is -1.10. The van der Waals surface area contributed by atoms with Gasteiger partial charge in [-0.15, -0.1) is 0 Å². The molecule has 0 spiro atoms. The molecule has 82 valence electrons.